The summed E-state index contributed by atoms with van der Waals surface area (Å²) in [5.74, 6) is 3.26. The Balaban J connectivity index is 1.39. The minimum absolute atomic E-state index is 0.625. The molecule has 0 N–H and O–H groups in total. The van der Waals surface area contributed by atoms with Crippen molar-refractivity contribution in [2.45, 2.75) is 26.2 Å². The molecule has 0 amide bonds. The van der Waals surface area contributed by atoms with Crippen molar-refractivity contribution in [2.24, 2.45) is 5.92 Å². The third-order valence-corrected chi connectivity index (χ3v) is 7.99. The highest BCUT2D eigenvalue weighted by Crippen LogP contribution is 2.42. The lowest BCUT2D eigenvalue weighted by atomic mass is 9.89. The largest absolute Gasteiger partial charge is 0.352 e. The van der Waals surface area contributed by atoms with E-state index in [9.17, 15) is 5.26 Å². The van der Waals surface area contributed by atoms with E-state index in [1.54, 1.807) is 12.4 Å². The molecule has 4 aromatic rings. The van der Waals surface area contributed by atoms with Crippen LogP contribution in [0.3, 0.4) is 0 Å². The molecule has 2 aliphatic rings. The molecular formula is C26H25N7S. The maximum atomic E-state index is 9.50. The van der Waals surface area contributed by atoms with Crippen LogP contribution in [0.5, 0.6) is 0 Å². The van der Waals surface area contributed by atoms with Gasteiger partial charge in [-0.25, -0.2) is 15.0 Å². The van der Waals surface area contributed by atoms with Crippen molar-refractivity contribution in [2.75, 3.05) is 36.0 Å². The Labute approximate surface area is 202 Å². The van der Waals surface area contributed by atoms with Gasteiger partial charge >= 0.3 is 0 Å². The minimum atomic E-state index is 0.625. The van der Waals surface area contributed by atoms with Crippen LogP contribution in [0.1, 0.15) is 29.3 Å². The van der Waals surface area contributed by atoms with Crippen molar-refractivity contribution >= 4 is 33.2 Å². The number of thiophene rings is 1. The topological polar surface area (TPSA) is 81.8 Å². The number of nitrogens with zero attached hydrogens (tertiary/aromatic N) is 7. The first-order valence-electron chi connectivity index (χ1n) is 11.8. The zero-order valence-electron chi connectivity index (χ0n) is 19.1. The molecule has 1 aliphatic carbocycles. The van der Waals surface area contributed by atoms with Gasteiger partial charge in [0, 0.05) is 55.2 Å². The highest BCUT2D eigenvalue weighted by atomic mass is 32.1. The van der Waals surface area contributed by atoms with Crippen LogP contribution in [0.4, 0.5) is 11.6 Å². The number of rotatable bonds is 3. The molecule has 1 atom stereocenters. The van der Waals surface area contributed by atoms with Gasteiger partial charge in [0.15, 0.2) is 5.82 Å². The van der Waals surface area contributed by atoms with Gasteiger partial charge in [-0.1, -0.05) is 6.92 Å². The molecule has 7 nitrogen and oxygen atoms in total. The van der Waals surface area contributed by atoms with E-state index in [1.165, 1.54) is 22.2 Å². The van der Waals surface area contributed by atoms with Crippen LogP contribution >= 0.6 is 11.3 Å². The van der Waals surface area contributed by atoms with E-state index in [2.05, 4.69) is 32.8 Å². The van der Waals surface area contributed by atoms with E-state index in [0.717, 1.165) is 66.9 Å². The summed E-state index contributed by atoms with van der Waals surface area (Å²) in [5, 5.41) is 10.7. The van der Waals surface area contributed by atoms with Crippen LogP contribution in [0, 0.1) is 17.2 Å². The lowest BCUT2D eigenvalue weighted by Crippen LogP contribution is -2.47. The first kappa shape index (κ1) is 21.0. The second kappa shape index (κ2) is 8.65. The average Bonchev–Trinajstić information content (AvgIpc) is 3.26. The summed E-state index contributed by atoms with van der Waals surface area (Å²) >= 11 is 1.84. The van der Waals surface area contributed by atoms with Gasteiger partial charge in [-0.05, 0) is 55.0 Å². The summed E-state index contributed by atoms with van der Waals surface area (Å²) in [6.45, 7) is 5.57. The van der Waals surface area contributed by atoms with Crippen molar-refractivity contribution in [3.05, 3.63) is 58.9 Å². The van der Waals surface area contributed by atoms with Gasteiger partial charge < -0.3 is 9.80 Å². The highest BCUT2D eigenvalue weighted by molar-refractivity contribution is 7.19. The number of aryl methyl sites for hydroxylation is 1. The fraction of sp³-hybridized carbons (Fsp3) is 0.346. The SMILES string of the molecule is CC1CCc2c(sc3nc(-c4cccnc4)nc(N4CCN(c5ncccc5C#N)CC4)c23)C1. The van der Waals surface area contributed by atoms with Gasteiger partial charge in [0.05, 0.1) is 10.9 Å². The Morgan fingerprint density at radius 2 is 1.82 bits per heavy atom. The van der Waals surface area contributed by atoms with Crippen LogP contribution in [0.25, 0.3) is 21.6 Å². The monoisotopic (exact) mass is 467 g/mol. The normalized spacial score (nSPS) is 18.1. The summed E-state index contributed by atoms with van der Waals surface area (Å²) in [7, 11) is 0. The fourth-order valence-electron chi connectivity index (χ4n) is 5.04. The molecule has 1 aliphatic heterocycles. The standard InChI is InChI=1S/C26H25N7S/c1-17-6-7-20-21(14-17)34-26-22(20)25(30-23(31-26)19-5-2-8-28-16-19)33-12-10-32(11-13-33)24-18(15-27)4-3-9-29-24/h2-5,8-9,16-17H,6-7,10-14H2,1H3. The number of fused-ring (bicyclic) bond motifs is 3. The highest BCUT2D eigenvalue weighted by Gasteiger charge is 2.28. The number of anilines is 2. The molecule has 5 heterocycles. The second-order valence-electron chi connectivity index (χ2n) is 9.10. The van der Waals surface area contributed by atoms with Crippen molar-refractivity contribution in [3.8, 4) is 17.5 Å². The van der Waals surface area contributed by atoms with E-state index in [1.807, 2.05) is 41.8 Å². The first-order valence-corrected chi connectivity index (χ1v) is 12.6. The number of hydrogen-bond donors (Lipinski definition) is 0. The lowest BCUT2D eigenvalue weighted by Gasteiger charge is -2.36. The Kier molecular flexibility index (Phi) is 5.34. The predicted octanol–water partition coefficient (Wildman–Crippen LogP) is 4.47. The van der Waals surface area contributed by atoms with Crippen LogP contribution < -0.4 is 9.80 Å². The lowest BCUT2D eigenvalue weighted by molar-refractivity contribution is 0.509. The number of pyridine rings is 2. The second-order valence-corrected chi connectivity index (χ2v) is 10.2. The molecule has 170 valence electrons. The molecule has 0 radical (unpaired) electrons. The Hall–Kier alpha value is -3.57. The summed E-state index contributed by atoms with van der Waals surface area (Å²) in [5.41, 5.74) is 3.01. The van der Waals surface area contributed by atoms with Crippen LogP contribution in [-0.2, 0) is 12.8 Å². The van der Waals surface area contributed by atoms with Gasteiger partial charge in [-0.3, -0.25) is 4.98 Å². The Bertz CT molecular complexity index is 1380. The van der Waals surface area contributed by atoms with Crippen LogP contribution in [0.15, 0.2) is 42.9 Å². The van der Waals surface area contributed by atoms with Gasteiger partial charge in [-0.15, -0.1) is 11.3 Å². The van der Waals surface area contributed by atoms with Crippen molar-refractivity contribution in [3.63, 3.8) is 0 Å². The number of aromatic nitrogens is 4. The zero-order valence-corrected chi connectivity index (χ0v) is 19.9. The number of nitriles is 1. The molecule has 1 unspecified atom stereocenters. The van der Waals surface area contributed by atoms with E-state index in [0.29, 0.717) is 11.5 Å². The third kappa shape index (κ3) is 3.66. The van der Waals surface area contributed by atoms with E-state index in [4.69, 9.17) is 9.97 Å². The Morgan fingerprint density at radius 3 is 2.59 bits per heavy atom. The molecule has 0 spiro atoms. The first-order chi connectivity index (χ1) is 16.7. The fourth-order valence-corrected chi connectivity index (χ4v) is 6.42. The predicted molar refractivity (Wildman–Crippen MR) is 135 cm³/mol. The van der Waals surface area contributed by atoms with Crippen LogP contribution in [0.2, 0.25) is 0 Å². The van der Waals surface area contributed by atoms with Crippen molar-refractivity contribution < 1.29 is 0 Å². The quantitative estimate of drug-likeness (QED) is 0.440. The zero-order chi connectivity index (χ0) is 23.1. The molecule has 0 aromatic carbocycles. The maximum Gasteiger partial charge on any atom is 0.164 e. The van der Waals surface area contributed by atoms with E-state index >= 15 is 0 Å². The summed E-state index contributed by atoms with van der Waals surface area (Å²) in [6.07, 6.45) is 8.81. The minimum Gasteiger partial charge on any atom is -0.352 e. The number of hydrogen-bond acceptors (Lipinski definition) is 8. The number of piperazine rings is 1. The van der Waals surface area contributed by atoms with Gasteiger partial charge in [0.2, 0.25) is 0 Å². The smallest absolute Gasteiger partial charge is 0.164 e. The molecule has 0 bridgehead atoms. The maximum absolute atomic E-state index is 9.50. The van der Waals surface area contributed by atoms with Gasteiger partial charge in [0.25, 0.3) is 0 Å². The molecule has 1 saturated heterocycles. The average molecular weight is 468 g/mol. The molecule has 4 aromatic heterocycles. The van der Waals surface area contributed by atoms with Crippen LogP contribution in [-0.4, -0.2) is 46.1 Å². The molecule has 1 fully saturated rings. The summed E-state index contributed by atoms with van der Waals surface area (Å²) in [6, 6.07) is 9.88. The summed E-state index contributed by atoms with van der Waals surface area (Å²) < 4.78 is 0. The molecule has 34 heavy (non-hydrogen) atoms. The molecular weight excluding hydrogens is 442 g/mol. The van der Waals surface area contributed by atoms with E-state index in [-0.39, 0.29) is 0 Å². The Morgan fingerprint density at radius 1 is 1.03 bits per heavy atom. The van der Waals surface area contributed by atoms with E-state index < -0.39 is 0 Å². The van der Waals surface area contributed by atoms with Gasteiger partial charge in [-0.2, -0.15) is 5.26 Å². The van der Waals surface area contributed by atoms with Crippen molar-refractivity contribution in [1.29, 1.82) is 5.26 Å². The summed E-state index contributed by atoms with van der Waals surface area (Å²) in [4.78, 5) is 26.0. The van der Waals surface area contributed by atoms with Crippen molar-refractivity contribution in [1.82, 2.24) is 19.9 Å². The molecule has 8 heteroatoms. The van der Waals surface area contributed by atoms with Gasteiger partial charge in [0.1, 0.15) is 22.5 Å². The third-order valence-electron chi connectivity index (χ3n) is 6.84. The molecule has 6 rings (SSSR count). The molecule has 0 saturated carbocycles.